The quantitative estimate of drug-likeness (QED) is 0.488. The van der Waals surface area contributed by atoms with Crippen LogP contribution in [0, 0.1) is 14.1 Å². The van der Waals surface area contributed by atoms with Gasteiger partial charge in [0.1, 0.15) is 0 Å². The molecule has 0 N–H and O–H groups in total. The molecule has 1 heterocycles. The topological polar surface area (TPSA) is 18.5 Å². The van der Waals surface area contributed by atoms with Crippen molar-refractivity contribution in [1.29, 1.82) is 0 Å². The molecule has 0 atom stereocenters. The van der Waals surface area contributed by atoms with Crippen LogP contribution in [0.2, 0.25) is 0 Å². The summed E-state index contributed by atoms with van der Waals surface area (Å²) in [6.07, 6.45) is 0. The van der Waals surface area contributed by atoms with Gasteiger partial charge in [-0.15, -0.1) is 0 Å². The van der Waals surface area contributed by atoms with E-state index in [0.29, 0.717) is 6.79 Å². The SMILES string of the molecule is Cc1c(I)c2c(c(SI)c1I)OCO2. The maximum Gasteiger partial charge on any atom is 0.231 e. The Labute approximate surface area is 126 Å². The Morgan fingerprint density at radius 2 is 1.79 bits per heavy atom. The first kappa shape index (κ1) is 11.8. The van der Waals surface area contributed by atoms with Crippen molar-refractivity contribution in [3.8, 4) is 11.5 Å². The number of benzene rings is 1. The molecular formula is C8H5I3O2S. The largest absolute Gasteiger partial charge is 0.452 e. The Kier molecular flexibility index (Phi) is 3.97. The van der Waals surface area contributed by atoms with Crippen LogP contribution in [0.25, 0.3) is 0 Å². The standard InChI is InChI=1S/C8H5I3O2S/c1-3-4(9)6-7(13-2-12-6)8(14-11)5(3)10/h2H2,1H3. The van der Waals surface area contributed by atoms with E-state index in [2.05, 4.69) is 73.3 Å². The van der Waals surface area contributed by atoms with Gasteiger partial charge >= 0.3 is 0 Å². The monoisotopic (exact) mass is 546 g/mol. The van der Waals surface area contributed by atoms with E-state index >= 15 is 0 Å². The third kappa shape index (κ3) is 1.83. The number of ether oxygens (including phenoxy) is 2. The minimum atomic E-state index is 0.342. The Balaban J connectivity index is 2.74. The van der Waals surface area contributed by atoms with Crippen LogP contribution in [0.3, 0.4) is 0 Å². The van der Waals surface area contributed by atoms with Gasteiger partial charge in [0.2, 0.25) is 6.79 Å². The molecule has 0 amide bonds. The lowest BCUT2D eigenvalue weighted by Crippen LogP contribution is -1.93. The van der Waals surface area contributed by atoms with Crippen LogP contribution in [-0.4, -0.2) is 6.79 Å². The highest BCUT2D eigenvalue weighted by molar-refractivity contribution is 14.2. The highest BCUT2D eigenvalue weighted by atomic mass is 127. The molecule has 0 aliphatic carbocycles. The van der Waals surface area contributed by atoms with Crippen molar-refractivity contribution >= 4 is 75.3 Å². The van der Waals surface area contributed by atoms with E-state index in [1.165, 1.54) is 14.0 Å². The van der Waals surface area contributed by atoms with E-state index in [0.717, 1.165) is 15.1 Å². The summed E-state index contributed by atoms with van der Waals surface area (Å²) in [5.41, 5.74) is 1.27. The van der Waals surface area contributed by atoms with Gasteiger partial charge < -0.3 is 9.47 Å². The van der Waals surface area contributed by atoms with Crippen LogP contribution >= 0.6 is 75.3 Å². The fourth-order valence-corrected chi connectivity index (χ4v) is 6.21. The molecular weight excluding hydrogens is 541 g/mol. The van der Waals surface area contributed by atoms with E-state index in [1.807, 2.05) is 0 Å². The Hall–Kier alpha value is 1.36. The zero-order valence-corrected chi connectivity index (χ0v) is 14.4. The van der Waals surface area contributed by atoms with Gasteiger partial charge in [-0.1, -0.05) is 0 Å². The van der Waals surface area contributed by atoms with Crippen molar-refractivity contribution in [2.75, 3.05) is 6.79 Å². The highest BCUT2D eigenvalue weighted by Gasteiger charge is 2.25. The number of hydrogen-bond acceptors (Lipinski definition) is 3. The Morgan fingerprint density at radius 3 is 2.43 bits per heavy atom. The molecule has 2 nitrogen and oxygen atoms in total. The average molecular weight is 546 g/mol. The number of rotatable bonds is 1. The number of fused-ring (bicyclic) bond motifs is 1. The summed E-state index contributed by atoms with van der Waals surface area (Å²) < 4.78 is 13.4. The van der Waals surface area contributed by atoms with E-state index in [-0.39, 0.29) is 0 Å². The molecule has 0 unspecified atom stereocenters. The molecule has 1 aliphatic heterocycles. The number of hydrogen-bond donors (Lipinski definition) is 0. The van der Waals surface area contributed by atoms with Crippen LogP contribution in [0.15, 0.2) is 4.90 Å². The first-order chi connectivity index (χ1) is 6.66. The minimum absolute atomic E-state index is 0.342. The second-order valence-corrected chi connectivity index (χ2v) is 6.77. The number of halogens is 3. The maximum absolute atomic E-state index is 5.48. The van der Waals surface area contributed by atoms with Gasteiger partial charge in [-0.05, 0) is 66.6 Å². The molecule has 1 aliphatic rings. The second-order valence-electron chi connectivity index (χ2n) is 2.72. The fraction of sp³-hybridized carbons (Fsp3) is 0.250. The zero-order valence-electron chi connectivity index (χ0n) is 7.07. The predicted molar refractivity (Wildman–Crippen MR) is 82.6 cm³/mol. The molecule has 0 fully saturated rings. The van der Waals surface area contributed by atoms with Crippen LogP contribution < -0.4 is 9.47 Å². The summed E-state index contributed by atoms with van der Waals surface area (Å²) in [5.74, 6) is 1.81. The maximum atomic E-state index is 5.48. The molecule has 76 valence electrons. The van der Waals surface area contributed by atoms with Crippen LogP contribution in [0.1, 0.15) is 5.56 Å². The van der Waals surface area contributed by atoms with Crippen molar-refractivity contribution in [1.82, 2.24) is 0 Å². The van der Waals surface area contributed by atoms with Crippen LogP contribution in [0.4, 0.5) is 0 Å². The molecule has 0 aromatic heterocycles. The highest BCUT2D eigenvalue weighted by Crippen LogP contribution is 2.49. The summed E-state index contributed by atoms with van der Waals surface area (Å²) in [4.78, 5) is 1.18. The van der Waals surface area contributed by atoms with Crippen LogP contribution in [0.5, 0.6) is 11.5 Å². The van der Waals surface area contributed by atoms with Crippen molar-refractivity contribution in [2.24, 2.45) is 0 Å². The van der Waals surface area contributed by atoms with Crippen molar-refractivity contribution in [2.45, 2.75) is 11.8 Å². The van der Waals surface area contributed by atoms with E-state index in [1.54, 1.807) is 8.93 Å². The smallest absolute Gasteiger partial charge is 0.231 e. The van der Waals surface area contributed by atoms with Gasteiger partial charge in [-0.3, -0.25) is 0 Å². The molecule has 0 saturated heterocycles. The first-order valence-corrected chi connectivity index (χ1v) is 9.24. The van der Waals surface area contributed by atoms with E-state index in [9.17, 15) is 0 Å². The molecule has 1 aromatic rings. The van der Waals surface area contributed by atoms with E-state index in [4.69, 9.17) is 9.47 Å². The van der Waals surface area contributed by atoms with Crippen molar-refractivity contribution in [3.05, 3.63) is 12.7 Å². The van der Waals surface area contributed by atoms with Gasteiger partial charge in [0.25, 0.3) is 0 Å². The molecule has 0 saturated carbocycles. The Morgan fingerprint density at radius 1 is 1.14 bits per heavy atom. The summed E-state index contributed by atoms with van der Waals surface area (Å²) in [5, 5.41) is 0. The molecule has 6 heteroatoms. The van der Waals surface area contributed by atoms with Crippen molar-refractivity contribution in [3.63, 3.8) is 0 Å². The lowest BCUT2D eigenvalue weighted by molar-refractivity contribution is 0.171. The normalized spacial score (nSPS) is 13.4. The molecule has 0 bridgehead atoms. The van der Waals surface area contributed by atoms with Gasteiger partial charge in [0.05, 0.1) is 8.47 Å². The minimum Gasteiger partial charge on any atom is -0.452 e. The summed E-state index contributed by atoms with van der Waals surface area (Å²) in [7, 11) is 1.68. The summed E-state index contributed by atoms with van der Waals surface area (Å²) in [6.45, 7) is 2.46. The Bertz CT molecular complexity index is 395. The summed E-state index contributed by atoms with van der Waals surface area (Å²) in [6, 6.07) is 0. The first-order valence-electron chi connectivity index (χ1n) is 3.72. The van der Waals surface area contributed by atoms with Gasteiger partial charge in [0, 0.05) is 24.8 Å². The average Bonchev–Trinajstić information content (AvgIpc) is 2.64. The molecule has 2 rings (SSSR count). The molecule has 1 aromatic carbocycles. The van der Waals surface area contributed by atoms with Crippen LogP contribution in [-0.2, 0) is 0 Å². The lowest BCUT2D eigenvalue weighted by Gasteiger charge is -2.10. The predicted octanol–water partition coefficient (Wildman–Crippen LogP) is 4.38. The molecule has 0 radical (unpaired) electrons. The van der Waals surface area contributed by atoms with Gasteiger partial charge in [0.15, 0.2) is 11.5 Å². The van der Waals surface area contributed by atoms with Gasteiger partial charge in [-0.25, -0.2) is 0 Å². The molecule has 0 spiro atoms. The molecule has 14 heavy (non-hydrogen) atoms. The van der Waals surface area contributed by atoms with Gasteiger partial charge in [-0.2, -0.15) is 0 Å². The van der Waals surface area contributed by atoms with Crippen molar-refractivity contribution < 1.29 is 9.47 Å². The second kappa shape index (κ2) is 4.70. The zero-order chi connectivity index (χ0) is 10.3. The lowest BCUT2D eigenvalue weighted by atomic mass is 10.2. The summed E-state index contributed by atoms with van der Waals surface area (Å²) >= 11 is 6.94. The van der Waals surface area contributed by atoms with E-state index < -0.39 is 0 Å². The fourth-order valence-electron chi connectivity index (χ4n) is 1.22. The third-order valence-electron chi connectivity index (χ3n) is 1.95. The third-order valence-corrected chi connectivity index (χ3v) is 6.83.